The molecule has 7 heteroatoms. The van der Waals surface area contributed by atoms with Gasteiger partial charge >= 0.3 is 35.6 Å². The van der Waals surface area contributed by atoms with E-state index in [9.17, 15) is 14.4 Å². The van der Waals surface area contributed by atoms with E-state index in [0.29, 0.717) is 0 Å². The molecule has 0 unspecified atom stereocenters. The Bertz CT molecular complexity index is 150. The average Bonchev–Trinajstić information content (AvgIpc) is 1.59. The first kappa shape index (κ1) is 13.5. The number of amides is 4. The fourth-order valence-electron chi connectivity index (χ4n) is 0.519. The predicted molar refractivity (Wildman–Crippen MR) is 40.7 cm³/mol. The van der Waals surface area contributed by atoms with Gasteiger partial charge in [0.1, 0.15) is 6.42 Å². The average molecular weight is 189 g/mol. The zero-order valence-electron chi connectivity index (χ0n) is 4.84. The molecule has 0 aromatic rings. The molecule has 4 amide bonds. The second-order valence-electron chi connectivity index (χ2n) is 1.60. The Morgan fingerprint density at radius 3 is 1.64 bits per heavy atom. The quantitative estimate of drug-likeness (QED) is 0.360. The van der Waals surface area contributed by atoms with Gasteiger partial charge in [-0.25, -0.2) is 4.79 Å². The van der Waals surface area contributed by atoms with Crippen molar-refractivity contribution in [3.05, 3.63) is 0 Å². The summed E-state index contributed by atoms with van der Waals surface area (Å²) in [5, 5.41) is 3.80. The van der Waals surface area contributed by atoms with Crippen LogP contribution in [0.2, 0.25) is 0 Å². The summed E-state index contributed by atoms with van der Waals surface area (Å²) in [6, 6.07) is -0.740. The molecule has 2 N–H and O–H groups in total. The van der Waals surface area contributed by atoms with E-state index in [-0.39, 0.29) is 48.4 Å². The van der Waals surface area contributed by atoms with Gasteiger partial charge in [0.25, 0.3) is 0 Å². The van der Waals surface area contributed by atoms with E-state index in [2.05, 4.69) is 0 Å². The molecule has 1 fully saturated rings. The molecule has 1 heterocycles. The van der Waals surface area contributed by atoms with Gasteiger partial charge in [0.15, 0.2) is 0 Å². The van der Waals surface area contributed by atoms with Gasteiger partial charge in [-0.05, 0) is 0 Å². The van der Waals surface area contributed by atoms with Crippen molar-refractivity contribution in [1.29, 1.82) is 0 Å². The van der Waals surface area contributed by atoms with Crippen LogP contribution >= 0.6 is 12.4 Å². The summed E-state index contributed by atoms with van der Waals surface area (Å²) >= 11 is 0. The molecule has 58 valence electrons. The molecule has 0 atom stereocenters. The summed E-state index contributed by atoms with van der Waals surface area (Å²) in [6.45, 7) is 0. The van der Waals surface area contributed by atoms with Crippen LogP contribution in [0, 0.1) is 0 Å². The zero-order valence-corrected chi connectivity index (χ0v) is 5.66. The number of barbiturate groups is 1. The van der Waals surface area contributed by atoms with Gasteiger partial charge in [0.05, 0.1) is 0 Å². The van der Waals surface area contributed by atoms with Crippen molar-refractivity contribution in [2.75, 3.05) is 0 Å². The molecular weight excluding hydrogens is 182 g/mol. The number of halogens is 1. The molecule has 0 radical (unpaired) electrons. The Morgan fingerprint density at radius 2 is 1.36 bits per heavy atom. The van der Waals surface area contributed by atoms with E-state index in [1.807, 2.05) is 10.6 Å². The summed E-state index contributed by atoms with van der Waals surface area (Å²) in [5.41, 5.74) is 0. The van der Waals surface area contributed by atoms with Crippen molar-refractivity contribution in [3.8, 4) is 0 Å². The van der Waals surface area contributed by atoms with Crippen LogP contribution < -0.4 is 10.6 Å². The van der Waals surface area contributed by atoms with E-state index >= 15 is 0 Å². The maximum absolute atomic E-state index is 10.3. The Kier molecular flexibility index (Phi) is 6.79. The summed E-state index contributed by atoms with van der Waals surface area (Å²) in [5.74, 6) is -1.10. The first-order chi connectivity index (χ1) is 4.18. The van der Waals surface area contributed by atoms with Crippen LogP contribution in [0.3, 0.4) is 0 Å². The van der Waals surface area contributed by atoms with Gasteiger partial charge in [0.2, 0.25) is 11.8 Å². The molecule has 0 saturated carbocycles. The van der Waals surface area contributed by atoms with Crippen molar-refractivity contribution in [1.82, 2.24) is 10.6 Å². The fourth-order valence-corrected chi connectivity index (χ4v) is 0.519. The number of hydrogen-bond acceptors (Lipinski definition) is 3. The SMILES string of the molecule is Cl.O=C1CC(=O)NC(=O)N1.[NaH]. The van der Waals surface area contributed by atoms with Crippen LogP contribution in [0.25, 0.3) is 0 Å². The normalized spacial score (nSPS) is 15.5. The fraction of sp³-hybridized carbons (Fsp3) is 0.250. The number of rotatable bonds is 0. The van der Waals surface area contributed by atoms with Crippen LogP contribution in [0.15, 0.2) is 0 Å². The van der Waals surface area contributed by atoms with Crippen molar-refractivity contribution in [2.45, 2.75) is 6.42 Å². The third kappa shape index (κ3) is 4.36. The van der Waals surface area contributed by atoms with Crippen molar-refractivity contribution >= 4 is 59.8 Å². The Labute approximate surface area is 91.0 Å². The van der Waals surface area contributed by atoms with Gasteiger partial charge in [-0.1, -0.05) is 0 Å². The van der Waals surface area contributed by atoms with Crippen LogP contribution in [-0.4, -0.2) is 47.4 Å². The molecule has 0 spiro atoms. The third-order valence-electron chi connectivity index (χ3n) is 0.827. The predicted octanol–water partition coefficient (Wildman–Crippen LogP) is -1.48. The van der Waals surface area contributed by atoms with Gasteiger partial charge in [0, 0.05) is 0 Å². The second kappa shape index (κ2) is 5.54. The van der Waals surface area contributed by atoms with Gasteiger partial charge in [-0.2, -0.15) is 0 Å². The summed E-state index contributed by atoms with van der Waals surface area (Å²) in [4.78, 5) is 30.8. The molecule has 1 aliphatic rings. The van der Waals surface area contributed by atoms with Gasteiger partial charge in [-0.3, -0.25) is 20.2 Å². The van der Waals surface area contributed by atoms with E-state index in [1.165, 1.54) is 0 Å². The van der Waals surface area contributed by atoms with E-state index in [1.54, 1.807) is 0 Å². The monoisotopic (exact) mass is 188 g/mol. The Morgan fingerprint density at radius 1 is 1.00 bits per heavy atom. The number of hydrogen-bond donors (Lipinski definition) is 2. The minimum absolute atomic E-state index is 0. The molecule has 1 aliphatic heterocycles. The number of urea groups is 1. The number of nitrogens with one attached hydrogen (secondary N) is 2. The van der Waals surface area contributed by atoms with Crippen molar-refractivity contribution < 1.29 is 14.4 Å². The second-order valence-corrected chi connectivity index (χ2v) is 1.60. The number of imide groups is 2. The van der Waals surface area contributed by atoms with Crippen LogP contribution in [0.5, 0.6) is 0 Å². The Hall–Kier alpha value is -0.100. The molecule has 0 aromatic carbocycles. The third-order valence-corrected chi connectivity index (χ3v) is 0.827. The van der Waals surface area contributed by atoms with Crippen LogP contribution in [0.1, 0.15) is 6.42 Å². The number of carbonyl (C=O) groups excluding carboxylic acids is 3. The zero-order chi connectivity index (χ0) is 6.85. The van der Waals surface area contributed by atoms with E-state index in [0.717, 1.165) is 0 Å². The Balaban J connectivity index is 0. The molecule has 1 rings (SSSR count). The summed E-state index contributed by atoms with van der Waals surface area (Å²) < 4.78 is 0. The molecule has 1 saturated heterocycles. The molecule has 11 heavy (non-hydrogen) atoms. The first-order valence-corrected chi connectivity index (χ1v) is 2.32. The summed E-state index contributed by atoms with van der Waals surface area (Å²) in [7, 11) is 0. The van der Waals surface area contributed by atoms with Gasteiger partial charge in [-0.15, -0.1) is 12.4 Å². The molecular formula is C4H6ClN2NaO3. The maximum atomic E-state index is 10.3. The summed E-state index contributed by atoms with van der Waals surface area (Å²) in [6.07, 6.45) is -0.258. The minimum atomic E-state index is -0.740. The van der Waals surface area contributed by atoms with Crippen molar-refractivity contribution in [2.24, 2.45) is 0 Å². The first-order valence-electron chi connectivity index (χ1n) is 2.32. The van der Waals surface area contributed by atoms with Crippen LogP contribution in [-0.2, 0) is 9.59 Å². The van der Waals surface area contributed by atoms with Crippen LogP contribution in [0.4, 0.5) is 4.79 Å². The van der Waals surface area contributed by atoms with E-state index in [4.69, 9.17) is 0 Å². The number of carbonyl (C=O) groups is 3. The van der Waals surface area contributed by atoms with Crippen molar-refractivity contribution in [3.63, 3.8) is 0 Å². The van der Waals surface area contributed by atoms with E-state index < -0.39 is 17.8 Å². The standard InChI is InChI=1S/C4H4N2O3.ClH.Na.H/c7-2-1-3(8)6-4(9)5-2;;;/h1H2,(H2,5,6,7,8,9);1H;;. The molecule has 0 aromatic heterocycles. The molecule has 0 bridgehead atoms. The van der Waals surface area contributed by atoms with Gasteiger partial charge < -0.3 is 0 Å². The topological polar surface area (TPSA) is 75.3 Å². The molecule has 5 nitrogen and oxygen atoms in total. The molecule has 0 aliphatic carbocycles.